The maximum atomic E-state index is 13.1. The Hall–Kier alpha value is -1.61. The Labute approximate surface area is 182 Å². The van der Waals surface area contributed by atoms with E-state index in [0.717, 1.165) is 63.3 Å². The van der Waals surface area contributed by atoms with E-state index in [-0.39, 0.29) is 5.41 Å². The molecule has 4 aliphatic rings. The lowest BCUT2D eigenvalue weighted by Crippen LogP contribution is -2.65. The lowest BCUT2D eigenvalue weighted by molar-refractivity contribution is -0.153. The first-order valence-electron chi connectivity index (χ1n) is 12.4. The fourth-order valence-corrected chi connectivity index (χ4v) is 7.02. The highest BCUT2D eigenvalue weighted by Crippen LogP contribution is 2.53. The van der Waals surface area contributed by atoms with Crippen LogP contribution in [0.3, 0.4) is 0 Å². The van der Waals surface area contributed by atoms with Gasteiger partial charge in [-0.2, -0.15) is 0 Å². The van der Waals surface area contributed by atoms with Gasteiger partial charge in [0.05, 0.1) is 0 Å². The molecule has 1 aliphatic carbocycles. The Kier molecular flexibility index (Phi) is 6.00. The molecule has 3 heteroatoms. The SMILES string of the molecule is O=C1CCCCCC/C=C/C[C@]23CN1C[C@H]1CC[C@H](C[C@H]12)N(Cc1ccccc1)C3. The number of likely N-dealkylation sites (tertiary alicyclic amines) is 1. The maximum Gasteiger partial charge on any atom is 0.222 e. The molecule has 30 heavy (non-hydrogen) atoms. The van der Waals surface area contributed by atoms with Crippen molar-refractivity contribution >= 4 is 5.91 Å². The van der Waals surface area contributed by atoms with Crippen molar-refractivity contribution in [2.75, 3.05) is 19.6 Å². The smallest absolute Gasteiger partial charge is 0.222 e. The number of amides is 1. The van der Waals surface area contributed by atoms with E-state index in [4.69, 9.17) is 0 Å². The summed E-state index contributed by atoms with van der Waals surface area (Å²) in [7, 11) is 0. The number of fused-ring (bicyclic) bond motifs is 2. The molecule has 1 aromatic carbocycles. The average molecular weight is 407 g/mol. The standard InChI is InChI=1S/C27H38N2O/c30-26-13-9-4-2-1-3-5-10-16-27-20-28(18-22-11-7-6-8-12-22)24-15-14-23(25(27)17-24)19-29(26)21-27/h5-8,10-12,23-25H,1-4,9,13-21H2/b10-5+/t23-,24-,25-,27+/m1/s1. The lowest BCUT2D eigenvalue weighted by atomic mass is 9.56. The molecular weight excluding hydrogens is 368 g/mol. The van der Waals surface area contributed by atoms with Gasteiger partial charge in [-0.3, -0.25) is 9.69 Å². The largest absolute Gasteiger partial charge is 0.342 e. The van der Waals surface area contributed by atoms with E-state index in [1.54, 1.807) is 0 Å². The van der Waals surface area contributed by atoms with Crippen LogP contribution in [0.4, 0.5) is 0 Å². The van der Waals surface area contributed by atoms with Crippen LogP contribution in [0.25, 0.3) is 0 Å². The minimum Gasteiger partial charge on any atom is -0.342 e. The second-order valence-corrected chi connectivity index (χ2v) is 10.5. The van der Waals surface area contributed by atoms with Crippen LogP contribution in [-0.4, -0.2) is 41.4 Å². The van der Waals surface area contributed by atoms with Crippen molar-refractivity contribution in [1.82, 2.24) is 9.80 Å². The fraction of sp³-hybridized carbons (Fsp3) is 0.667. The van der Waals surface area contributed by atoms with Crippen LogP contribution < -0.4 is 0 Å². The quantitative estimate of drug-likeness (QED) is 0.613. The van der Waals surface area contributed by atoms with Crippen molar-refractivity contribution in [3.05, 3.63) is 48.0 Å². The van der Waals surface area contributed by atoms with E-state index in [1.165, 1.54) is 50.5 Å². The van der Waals surface area contributed by atoms with Crippen molar-refractivity contribution in [2.45, 2.75) is 76.8 Å². The number of hydrogen-bond acceptors (Lipinski definition) is 2. The van der Waals surface area contributed by atoms with Crippen LogP contribution in [0.15, 0.2) is 42.5 Å². The van der Waals surface area contributed by atoms with E-state index in [2.05, 4.69) is 52.3 Å². The molecule has 4 bridgehead atoms. The Bertz CT molecular complexity index is 759. The Balaban J connectivity index is 1.44. The highest BCUT2D eigenvalue weighted by atomic mass is 16.2. The van der Waals surface area contributed by atoms with Gasteiger partial charge >= 0.3 is 0 Å². The zero-order chi connectivity index (χ0) is 20.4. The molecule has 5 rings (SSSR count). The first-order chi connectivity index (χ1) is 14.7. The average Bonchev–Trinajstić information content (AvgIpc) is 2.78. The van der Waals surface area contributed by atoms with Gasteiger partial charge in [-0.1, -0.05) is 55.3 Å². The van der Waals surface area contributed by atoms with E-state index in [1.807, 2.05) is 0 Å². The van der Waals surface area contributed by atoms with Crippen molar-refractivity contribution in [3.8, 4) is 0 Å². The Morgan fingerprint density at radius 3 is 2.73 bits per heavy atom. The molecule has 162 valence electrons. The molecule has 1 aromatic rings. The van der Waals surface area contributed by atoms with Crippen molar-refractivity contribution in [1.29, 1.82) is 0 Å². The van der Waals surface area contributed by atoms with Crippen LogP contribution in [0.5, 0.6) is 0 Å². The molecule has 1 amide bonds. The molecule has 0 aromatic heterocycles. The summed E-state index contributed by atoms with van der Waals surface area (Å²) in [6.07, 6.45) is 16.8. The zero-order valence-electron chi connectivity index (χ0n) is 18.5. The van der Waals surface area contributed by atoms with E-state index in [9.17, 15) is 4.79 Å². The Morgan fingerprint density at radius 2 is 1.83 bits per heavy atom. The van der Waals surface area contributed by atoms with Gasteiger partial charge in [-0.05, 0) is 62.3 Å². The highest BCUT2D eigenvalue weighted by molar-refractivity contribution is 5.76. The van der Waals surface area contributed by atoms with Crippen molar-refractivity contribution < 1.29 is 4.79 Å². The molecule has 1 spiro atoms. The molecular formula is C27H38N2O. The minimum absolute atomic E-state index is 0.245. The number of nitrogens with zero attached hydrogens (tertiary/aromatic N) is 2. The molecule has 0 N–H and O–H groups in total. The molecule has 3 fully saturated rings. The molecule has 2 saturated heterocycles. The minimum atomic E-state index is 0.245. The summed E-state index contributed by atoms with van der Waals surface area (Å²) in [4.78, 5) is 18.2. The normalized spacial score (nSPS) is 36.3. The van der Waals surface area contributed by atoms with Crippen LogP contribution in [-0.2, 0) is 11.3 Å². The van der Waals surface area contributed by atoms with Crippen LogP contribution in [0, 0.1) is 17.3 Å². The third-order valence-corrected chi connectivity index (χ3v) is 8.53. The topological polar surface area (TPSA) is 23.6 Å². The number of piperidine rings is 2. The summed E-state index contributed by atoms with van der Waals surface area (Å²) in [6, 6.07) is 11.7. The number of carbonyl (C=O) groups excluding carboxylic acids is 1. The van der Waals surface area contributed by atoms with E-state index in [0.29, 0.717) is 5.91 Å². The fourth-order valence-electron chi connectivity index (χ4n) is 7.02. The predicted molar refractivity (Wildman–Crippen MR) is 122 cm³/mol. The van der Waals surface area contributed by atoms with Gasteiger partial charge in [-0.15, -0.1) is 0 Å². The molecule has 3 nitrogen and oxygen atoms in total. The van der Waals surface area contributed by atoms with Gasteiger partial charge in [-0.25, -0.2) is 0 Å². The van der Waals surface area contributed by atoms with Crippen LogP contribution >= 0.6 is 0 Å². The second-order valence-electron chi connectivity index (χ2n) is 10.5. The van der Waals surface area contributed by atoms with Crippen molar-refractivity contribution in [3.63, 3.8) is 0 Å². The zero-order valence-corrected chi connectivity index (χ0v) is 18.5. The van der Waals surface area contributed by atoms with Crippen molar-refractivity contribution in [2.24, 2.45) is 17.3 Å². The second kappa shape index (κ2) is 8.86. The lowest BCUT2D eigenvalue weighted by Gasteiger charge is -2.61. The summed E-state index contributed by atoms with van der Waals surface area (Å²) < 4.78 is 0. The molecule has 1 saturated carbocycles. The van der Waals surface area contributed by atoms with Gasteiger partial charge in [0.25, 0.3) is 0 Å². The molecule has 3 heterocycles. The summed E-state index contributed by atoms with van der Waals surface area (Å²) in [5, 5.41) is 0. The van der Waals surface area contributed by atoms with E-state index >= 15 is 0 Å². The first kappa shape index (κ1) is 20.3. The molecule has 0 radical (unpaired) electrons. The summed E-state index contributed by atoms with van der Waals surface area (Å²) in [5.74, 6) is 1.94. The highest BCUT2D eigenvalue weighted by Gasteiger charge is 2.55. The van der Waals surface area contributed by atoms with Crippen LogP contribution in [0.2, 0.25) is 0 Å². The number of benzene rings is 1. The molecule has 0 unspecified atom stereocenters. The molecule has 4 atom stereocenters. The van der Waals surface area contributed by atoms with Gasteiger partial charge < -0.3 is 4.90 Å². The number of carbonyl (C=O) groups is 1. The van der Waals surface area contributed by atoms with Crippen LogP contribution in [0.1, 0.15) is 69.8 Å². The number of rotatable bonds is 2. The van der Waals surface area contributed by atoms with Gasteiger partial charge in [0.2, 0.25) is 5.91 Å². The van der Waals surface area contributed by atoms with Gasteiger partial charge in [0.15, 0.2) is 0 Å². The first-order valence-corrected chi connectivity index (χ1v) is 12.4. The summed E-state index contributed by atoms with van der Waals surface area (Å²) >= 11 is 0. The third-order valence-electron chi connectivity index (χ3n) is 8.53. The monoisotopic (exact) mass is 406 g/mol. The number of allylic oxidation sites excluding steroid dienone is 2. The Morgan fingerprint density at radius 1 is 0.967 bits per heavy atom. The number of hydrogen-bond donors (Lipinski definition) is 0. The predicted octanol–water partition coefficient (Wildman–Crippen LogP) is 5.42. The summed E-state index contributed by atoms with van der Waals surface area (Å²) in [5.41, 5.74) is 1.67. The molecule has 3 aliphatic heterocycles. The maximum absolute atomic E-state index is 13.1. The van der Waals surface area contributed by atoms with E-state index < -0.39 is 0 Å². The van der Waals surface area contributed by atoms with Gasteiger partial charge in [0.1, 0.15) is 0 Å². The van der Waals surface area contributed by atoms with Gasteiger partial charge in [0, 0.05) is 44.1 Å². The summed E-state index contributed by atoms with van der Waals surface area (Å²) in [6.45, 7) is 4.22. The third kappa shape index (κ3) is 4.10.